The molecule has 124 valence electrons. The van der Waals surface area contributed by atoms with Gasteiger partial charge in [0.15, 0.2) is 0 Å². The maximum absolute atomic E-state index is 12.9. The number of fused-ring (bicyclic) bond motifs is 1. The van der Waals surface area contributed by atoms with Crippen molar-refractivity contribution in [3.63, 3.8) is 0 Å². The molecule has 2 aromatic carbocycles. The minimum absolute atomic E-state index is 0.126. The summed E-state index contributed by atoms with van der Waals surface area (Å²) in [6, 6.07) is 9.68. The fourth-order valence-corrected chi connectivity index (χ4v) is 4.41. The molecular weight excluding hydrogens is 394 g/mol. The second-order valence-electron chi connectivity index (χ2n) is 5.43. The van der Waals surface area contributed by atoms with Gasteiger partial charge in [0.2, 0.25) is 0 Å². The van der Waals surface area contributed by atoms with Gasteiger partial charge in [0.05, 0.1) is 21.7 Å². The molecule has 0 radical (unpaired) electrons. The molecule has 0 saturated heterocycles. The first kappa shape index (κ1) is 16.7. The lowest BCUT2D eigenvalue weighted by molar-refractivity contribution is 0.100. The Morgan fingerprint density at radius 2 is 1.75 bits per heavy atom. The van der Waals surface area contributed by atoms with Crippen LogP contribution in [0.2, 0.25) is 0 Å². The third kappa shape index (κ3) is 2.51. The SMILES string of the molecule is Cc1ccc(S(=O)(=O)n2nc(C)c3c(C(N)=O)c(Br)ccc32)cc1. The van der Waals surface area contributed by atoms with Gasteiger partial charge in [-0.15, -0.1) is 0 Å². The van der Waals surface area contributed by atoms with E-state index in [0.717, 1.165) is 9.65 Å². The van der Waals surface area contributed by atoms with Crippen LogP contribution in [0.15, 0.2) is 45.8 Å². The van der Waals surface area contributed by atoms with Crippen LogP contribution in [0, 0.1) is 13.8 Å². The highest BCUT2D eigenvalue weighted by Crippen LogP contribution is 2.30. The monoisotopic (exact) mass is 407 g/mol. The Hall–Kier alpha value is -2.19. The number of primary amides is 1. The standard InChI is InChI=1S/C16H14BrN3O3S/c1-9-3-5-11(6-4-9)24(22,23)20-13-8-7-12(17)15(16(18)21)14(13)10(2)19-20/h3-8H,1-2H3,(H2,18,21). The van der Waals surface area contributed by atoms with Gasteiger partial charge in [0.1, 0.15) is 0 Å². The molecule has 1 heterocycles. The van der Waals surface area contributed by atoms with Crippen LogP contribution >= 0.6 is 15.9 Å². The lowest BCUT2D eigenvalue weighted by Crippen LogP contribution is -2.15. The predicted octanol–water partition coefficient (Wildman–Crippen LogP) is 2.75. The van der Waals surface area contributed by atoms with Gasteiger partial charge in [-0.3, -0.25) is 4.79 Å². The summed E-state index contributed by atoms with van der Waals surface area (Å²) in [5, 5.41) is 4.57. The van der Waals surface area contributed by atoms with E-state index in [1.54, 1.807) is 31.2 Å². The van der Waals surface area contributed by atoms with E-state index in [9.17, 15) is 13.2 Å². The Labute approximate surface area is 147 Å². The van der Waals surface area contributed by atoms with Gasteiger partial charge in [0.25, 0.3) is 15.9 Å². The largest absolute Gasteiger partial charge is 0.366 e. The van der Waals surface area contributed by atoms with Crippen molar-refractivity contribution in [3.8, 4) is 0 Å². The van der Waals surface area contributed by atoms with Crippen molar-refractivity contribution in [1.29, 1.82) is 0 Å². The van der Waals surface area contributed by atoms with Gasteiger partial charge in [-0.2, -0.15) is 17.6 Å². The molecule has 0 aliphatic heterocycles. The van der Waals surface area contributed by atoms with Crippen molar-refractivity contribution >= 4 is 42.8 Å². The fraction of sp³-hybridized carbons (Fsp3) is 0.125. The summed E-state index contributed by atoms with van der Waals surface area (Å²) in [4.78, 5) is 11.9. The molecule has 1 amide bonds. The van der Waals surface area contributed by atoms with E-state index in [1.165, 1.54) is 12.1 Å². The zero-order valence-electron chi connectivity index (χ0n) is 12.9. The molecule has 0 fully saturated rings. The van der Waals surface area contributed by atoms with E-state index in [2.05, 4.69) is 21.0 Å². The lowest BCUT2D eigenvalue weighted by atomic mass is 10.1. The van der Waals surface area contributed by atoms with E-state index in [-0.39, 0.29) is 10.5 Å². The first-order valence-electron chi connectivity index (χ1n) is 7.03. The summed E-state index contributed by atoms with van der Waals surface area (Å²) in [6.45, 7) is 3.52. The third-order valence-electron chi connectivity index (χ3n) is 3.73. The van der Waals surface area contributed by atoms with E-state index >= 15 is 0 Å². The van der Waals surface area contributed by atoms with E-state index in [4.69, 9.17) is 5.73 Å². The number of hydrogen-bond donors (Lipinski definition) is 1. The number of nitrogens with zero attached hydrogens (tertiary/aromatic N) is 2. The molecule has 0 spiro atoms. The number of carbonyl (C=O) groups excluding carboxylic acids is 1. The summed E-state index contributed by atoms with van der Waals surface area (Å²) >= 11 is 3.28. The molecule has 2 N–H and O–H groups in total. The number of nitrogens with two attached hydrogens (primary N) is 1. The number of aromatic nitrogens is 2. The second kappa shape index (κ2) is 5.71. The van der Waals surface area contributed by atoms with Crippen LogP contribution in [0.5, 0.6) is 0 Å². The van der Waals surface area contributed by atoms with Crippen LogP contribution in [0.25, 0.3) is 10.9 Å². The highest BCUT2D eigenvalue weighted by atomic mass is 79.9. The minimum Gasteiger partial charge on any atom is -0.366 e. The normalized spacial score (nSPS) is 11.8. The molecule has 0 unspecified atom stereocenters. The van der Waals surface area contributed by atoms with E-state index in [1.807, 2.05) is 6.92 Å². The van der Waals surface area contributed by atoms with Gasteiger partial charge >= 0.3 is 0 Å². The van der Waals surface area contributed by atoms with E-state index < -0.39 is 15.9 Å². The maximum Gasteiger partial charge on any atom is 0.283 e. The van der Waals surface area contributed by atoms with Gasteiger partial charge in [-0.1, -0.05) is 17.7 Å². The molecule has 3 rings (SSSR count). The molecule has 0 atom stereocenters. The van der Waals surface area contributed by atoms with Crippen LogP contribution in [0.3, 0.4) is 0 Å². The topological polar surface area (TPSA) is 95.1 Å². The summed E-state index contributed by atoms with van der Waals surface area (Å²) in [5.74, 6) is -0.650. The quantitative estimate of drug-likeness (QED) is 0.721. The molecule has 6 nitrogen and oxygen atoms in total. The molecule has 1 aromatic heterocycles. The number of rotatable bonds is 3. The number of aryl methyl sites for hydroxylation is 2. The highest BCUT2D eigenvalue weighted by Gasteiger charge is 2.25. The Kier molecular flexibility index (Phi) is 3.97. The van der Waals surface area contributed by atoms with Crippen molar-refractivity contribution in [1.82, 2.24) is 9.19 Å². The zero-order chi connectivity index (χ0) is 17.6. The first-order chi connectivity index (χ1) is 11.2. The van der Waals surface area contributed by atoms with Crippen LogP contribution in [-0.2, 0) is 10.0 Å². The van der Waals surface area contributed by atoms with Crippen LogP contribution in [0.4, 0.5) is 0 Å². The Bertz CT molecular complexity index is 1070. The Morgan fingerprint density at radius 3 is 2.33 bits per heavy atom. The summed E-state index contributed by atoms with van der Waals surface area (Å²) in [5.41, 5.74) is 7.34. The van der Waals surface area contributed by atoms with Crippen LogP contribution in [-0.4, -0.2) is 23.5 Å². The fourth-order valence-electron chi connectivity index (χ4n) is 2.57. The van der Waals surface area contributed by atoms with Crippen molar-refractivity contribution in [2.24, 2.45) is 5.73 Å². The molecule has 3 aromatic rings. The minimum atomic E-state index is -3.88. The molecule has 8 heteroatoms. The molecular formula is C16H14BrN3O3S. The second-order valence-corrected chi connectivity index (χ2v) is 8.05. The lowest BCUT2D eigenvalue weighted by Gasteiger charge is -2.07. The molecule has 0 aliphatic rings. The van der Waals surface area contributed by atoms with Crippen LogP contribution < -0.4 is 5.73 Å². The molecule has 0 saturated carbocycles. The van der Waals surface area contributed by atoms with Gasteiger partial charge in [0, 0.05) is 9.86 Å². The first-order valence-corrected chi connectivity index (χ1v) is 9.26. The summed E-state index contributed by atoms with van der Waals surface area (Å²) in [6.07, 6.45) is 0. The number of carbonyl (C=O) groups is 1. The number of halogens is 1. The molecule has 0 aliphatic carbocycles. The van der Waals surface area contributed by atoms with Crippen molar-refractivity contribution in [2.75, 3.05) is 0 Å². The number of benzene rings is 2. The smallest absolute Gasteiger partial charge is 0.283 e. The number of hydrogen-bond acceptors (Lipinski definition) is 4. The van der Waals surface area contributed by atoms with Crippen molar-refractivity contribution in [2.45, 2.75) is 18.7 Å². The van der Waals surface area contributed by atoms with Gasteiger partial charge in [-0.25, -0.2) is 0 Å². The maximum atomic E-state index is 12.9. The number of amides is 1. The Morgan fingerprint density at radius 1 is 1.12 bits per heavy atom. The van der Waals surface area contributed by atoms with Gasteiger partial charge < -0.3 is 5.73 Å². The molecule has 24 heavy (non-hydrogen) atoms. The zero-order valence-corrected chi connectivity index (χ0v) is 15.3. The predicted molar refractivity (Wildman–Crippen MR) is 94.5 cm³/mol. The highest BCUT2D eigenvalue weighted by molar-refractivity contribution is 9.10. The summed E-state index contributed by atoms with van der Waals surface area (Å²) < 4.78 is 27.3. The van der Waals surface area contributed by atoms with Crippen molar-refractivity contribution < 1.29 is 13.2 Å². The average Bonchev–Trinajstić information content (AvgIpc) is 2.85. The average molecular weight is 408 g/mol. The van der Waals surface area contributed by atoms with E-state index in [0.29, 0.717) is 21.1 Å². The van der Waals surface area contributed by atoms with Gasteiger partial charge in [-0.05, 0) is 54.0 Å². The summed E-state index contributed by atoms with van der Waals surface area (Å²) in [7, 11) is -3.88. The third-order valence-corrected chi connectivity index (χ3v) is 6.00. The molecule has 0 bridgehead atoms. The van der Waals surface area contributed by atoms with Crippen molar-refractivity contribution in [3.05, 3.63) is 57.7 Å². The van der Waals surface area contributed by atoms with Crippen LogP contribution in [0.1, 0.15) is 21.6 Å². The Balaban J connectivity index is 2.34.